The fourth-order valence-electron chi connectivity index (χ4n) is 1.70. The first-order chi connectivity index (χ1) is 8.74. The molecule has 0 aliphatic carbocycles. The van der Waals surface area contributed by atoms with Crippen molar-refractivity contribution in [3.8, 4) is 0 Å². The summed E-state index contributed by atoms with van der Waals surface area (Å²) < 4.78 is 5.55. The molecule has 98 valence electrons. The molecule has 1 aromatic rings. The first kappa shape index (κ1) is 14.7. The van der Waals surface area contributed by atoms with Gasteiger partial charge < -0.3 is 4.74 Å². The van der Waals surface area contributed by atoms with Crippen molar-refractivity contribution >= 4 is 5.78 Å². The van der Waals surface area contributed by atoms with Crippen LogP contribution in [0.15, 0.2) is 42.0 Å². The second kappa shape index (κ2) is 8.65. The predicted molar refractivity (Wildman–Crippen MR) is 74.4 cm³/mol. The van der Waals surface area contributed by atoms with E-state index in [0.717, 1.165) is 30.4 Å². The summed E-state index contributed by atoms with van der Waals surface area (Å²) in [6, 6.07) is 10.1. The van der Waals surface area contributed by atoms with Crippen molar-refractivity contribution in [2.45, 2.75) is 39.7 Å². The lowest BCUT2D eigenvalue weighted by molar-refractivity contribution is -0.113. The van der Waals surface area contributed by atoms with E-state index in [9.17, 15) is 4.79 Å². The third-order valence-corrected chi connectivity index (χ3v) is 2.81. The van der Waals surface area contributed by atoms with E-state index in [2.05, 4.69) is 6.92 Å². The van der Waals surface area contributed by atoms with Crippen molar-refractivity contribution < 1.29 is 9.53 Å². The number of Topliss-reactive ketones (excluding diaryl/α,β-unsaturated/α-hetero) is 1. The summed E-state index contributed by atoms with van der Waals surface area (Å²) in [6.45, 7) is 4.85. The summed E-state index contributed by atoms with van der Waals surface area (Å²) in [6.07, 6.45) is 4.95. The van der Waals surface area contributed by atoms with Crippen LogP contribution in [-0.4, -0.2) is 12.4 Å². The normalized spacial score (nSPS) is 11.6. The number of benzene rings is 1. The molecule has 0 fully saturated rings. The molecule has 2 heteroatoms. The van der Waals surface area contributed by atoms with Gasteiger partial charge in [-0.3, -0.25) is 4.79 Å². The highest BCUT2D eigenvalue weighted by Crippen LogP contribution is 2.09. The van der Waals surface area contributed by atoms with Crippen molar-refractivity contribution in [3.63, 3.8) is 0 Å². The Labute approximate surface area is 110 Å². The highest BCUT2D eigenvalue weighted by molar-refractivity contribution is 5.93. The van der Waals surface area contributed by atoms with Gasteiger partial charge in [0.1, 0.15) is 0 Å². The Morgan fingerprint density at radius 2 is 2.00 bits per heavy atom. The fourth-order valence-corrected chi connectivity index (χ4v) is 1.70. The number of unbranched alkanes of at least 4 members (excludes halogenated alkanes) is 1. The minimum atomic E-state index is 0.159. The standard InChI is InChI=1S/C16H22O2/c1-3-4-10-16(14(2)17)11-12-18-13-15-8-6-5-7-9-15/h5-9,11H,3-4,10,12-13H2,1-2H3/b16-11+. The molecule has 1 rings (SSSR count). The summed E-state index contributed by atoms with van der Waals surface area (Å²) in [4.78, 5) is 11.4. The van der Waals surface area contributed by atoms with Crippen LogP contribution in [0.4, 0.5) is 0 Å². The Kier molecular flexibility index (Phi) is 7.04. The molecule has 0 radical (unpaired) electrons. The summed E-state index contributed by atoms with van der Waals surface area (Å²) in [5.41, 5.74) is 2.05. The summed E-state index contributed by atoms with van der Waals surface area (Å²) in [7, 11) is 0. The van der Waals surface area contributed by atoms with E-state index in [1.807, 2.05) is 36.4 Å². The van der Waals surface area contributed by atoms with Crippen molar-refractivity contribution in [2.24, 2.45) is 0 Å². The number of carbonyl (C=O) groups excluding carboxylic acids is 1. The number of carbonyl (C=O) groups is 1. The molecule has 0 unspecified atom stereocenters. The second-order valence-corrected chi connectivity index (χ2v) is 4.39. The summed E-state index contributed by atoms with van der Waals surface area (Å²) in [5.74, 6) is 0.159. The van der Waals surface area contributed by atoms with Crippen molar-refractivity contribution in [2.75, 3.05) is 6.61 Å². The zero-order valence-electron chi connectivity index (χ0n) is 11.3. The first-order valence-corrected chi connectivity index (χ1v) is 6.55. The zero-order chi connectivity index (χ0) is 13.2. The van der Waals surface area contributed by atoms with Gasteiger partial charge in [-0.05, 0) is 30.9 Å². The van der Waals surface area contributed by atoms with Crippen molar-refractivity contribution in [1.29, 1.82) is 0 Å². The topological polar surface area (TPSA) is 26.3 Å². The lowest BCUT2D eigenvalue weighted by Crippen LogP contribution is -2.00. The average Bonchev–Trinajstić information content (AvgIpc) is 2.38. The molecule has 18 heavy (non-hydrogen) atoms. The van der Waals surface area contributed by atoms with Gasteiger partial charge in [0, 0.05) is 0 Å². The maximum Gasteiger partial charge on any atom is 0.155 e. The minimum absolute atomic E-state index is 0.159. The number of allylic oxidation sites excluding steroid dienone is 1. The van der Waals surface area contributed by atoms with Gasteiger partial charge in [-0.15, -0.1) is 0 Å². The third-order valence-electron chi connectivity index (χ3n) is 2.81. The van der Waals surface area contributed by atoms with Crippen LogP contribution in [0.1, 0.15) is 38.7 Å². The maximum atomic E-state index is 11.4. The van der Waals surface area contributed by atoms with E-state index in [-0.39, 0.29) is 5.78 Å². The van der Waals surface area contributed by atoms with Crippen molar-refractivity contribution in [3.05, 3.63) is 47.5 Å². The van der Waals surface area contributed by atoms with Crippen LogP contribution in [0.5, 0.6) is 0 Å². The second-order valence-electron chi connectivity index (χ2n) is 4.39. The number of hydrogen-bond acceptors (Lipinski definition) is 2. The van der Waals surface area contributed by atoms with E-state index in [1.54, 1.807) is 6.92 Å². The smallest absolute Gasteiger partial charge is 0.155 e. The molecule has 0 N–H and O–H groups in total. The number of rotatable bonds is 8. The van der Waals surface area contributed by atoms with E-state index in [4.69, 9.17) is 4.74 Å². The molecule has 0 bridgehead atoms. The lowest BCUT2D eigenvalue weighted by Gasteiger charge is -2.04. The van der Waals surface area contributed by atoms with Crippen LogP contribution in [0.3, 0.4) is 0 Å². The quantitative estimate of drug-likeness (QED) is 0.513. The van der Waals surface area contributed by atoms with Crippen molar-refractivity contribution in [1.82, 2.24) is 0 Å². The highest BCUT2D eigenvalue weighted by atomic mass is 16.5. The van der Waals surface area contributed by atoms with E-state index in [0.29, 0.717) is 13.2 Å². The molecule has 0 aliphatic heterocycles. The Balaban J connectivity index is 2.35. The number of hydrogen-bond donors (Lipinski definition) is 0. The van der Waals surface area contributed by atoms with Gasteiger partial charge in [-0.1, -0.05) is 49.8 Å². The van der Waals surface area contributed by atoms with Gasteiger partial charge in [0.25, 0.3) is 0 Å². The predicted octanol–water partition coefficient (Wildman–Crippen LogP) is 3.91. The molecule has 0 atom stereocenters. The van der Waals surface area contributed by atoms with Crippen LogP contribution in [0, 0.1) is 0 Å². The Morgan fingerprint density at radius 3 is 2.61 bits per heavy atom. The summed E-state index contributed by atoms with van der Waals surface area (Å²) in [5, 5.41) is 0. The van der Waals surface area contributed by atoms with Gasteiger partial charge in [0.15, 0.2) is 5.78 Å². The molecule has 0 saturated heterocycles. The molecule has 0 spiro atoms. The fraction of sp³-hybridized carbons (Fsp3) is 0.438. The highest BCUT2D eigenvalue weighted by Gasteiger charge is 2.02. The molecule has 2 nitrogen and oxygen atoms in total. The number of ketones is 1. The zero-order valence-corrected chi connectivity index (χ0v) is 11.3. The first-order valence-electron chi connectivity index (χ1n) is 6.55. The maximum absolute atomic E-state index is 11.4. The molecule has 0 amide bonds. The van der Waals surface area contributed by atoms with Gasteiger partial charge in [0.05, 0.1) is 13.2 Å². The molecule has 0 heterocycles. The van der Waals surface area contributed by atoms with Crippen LogP contribution in [0.25, 0.3) is 0 Å². The Hall–Kier alpha value is -1.41. The molecular formula is C16H22O2. The molecule has 0 saturated carbocycles. The number of ether oxygens (including phenoxy) is 1. The van der Waals surface area contributed by atoms with Crippen LogP contribution >= 0.6 is 0 Å². The molecule has 0 aliphatic rings. The monoisotopic (exact) mass is 246 g/mol. The summed E-state index contributed by atoms with van der Waals surface area (Å²) >= 11 is 0. The SMILES string of the molecule is CCCC/C(=C\COCc1ccccc1)C(C)=O. The molecule has 1 aromatic carbocycles. The van der Waals surface area contributed by atoms with Crippen LogP contribution < -0.4 is 0 Å². The molecular weight excluding hydrogens is 224 g/mol. The third kappa shape index (κ3) is 5.78. The van der Waals surface area contributed by atoms with Gasteiger partial charge in [-0.2, -0.15) is 0 Å². The Morgan fingerprint density at radius 1 is 1.28 bits per heavy atom. The van der Waals surface area contributed by atoms with E-state index >= 15 is 0 Å². The van der Waals surface area contributed by atoms with E-state index < -0.39 is 0 Å². The van der Waals surface area contributed by atoms with Gasteiger partial charge >= 0.3 is 0 Å². The van der Waals surface area contributed by atoms with Crippen LogP contribution in [-0.2, 0) is 16.1 Å². The molecule has 0 aromatic heterocycles. The minimum Gasteiger partial charge on any atom is -0.373 e. The Bertz CT molecular complexity index is 379. The van der Waals surface area contributed by atoms with Gasteiger partial charge in [0.2, 0.25) is 0 Å². The van der Waals surface area contributed by atoms with Crippen LogP contribution in [0.2, 0.25) is 0 Å². The van der Waals surface area contributed by atoms with Gasteiger partial charge in [-0.25, -0.2) is 0 Å². The van der Waals surface area contributed by atoms with E-state index in [1.165, 1.54) is 0 Å². The lowest BCUT2D eigenvalue weighted by atomic mass is 10.1. The largest absolute Gasteiger partial charge is 0.373 e. The average molecular weight is 246 g/mol.